The van der Waals surface area contributed by atoms with Crippen LogP contribution in [0.3, 0.4) is 0 Å². The zero-order valence-electron chi connectivity index (χ0n) is 22.1. The molecule has 2 amide bonds. The van der Waals surface area contributed by atoms with Crippen molar-refractivity contribution in [2.45, 2.75) is 75.7 Å². The first-order chi connectivity index (χ1) is 19.2. The van der Waals surface area contributed by atoms with Crippen LogP contribution in [0.15, 0.2) is 18.3 Å². The van der Waals surface area contributed by atoms with E-state index in [0.29, 0.717) is 31.7 Å². The summed E-state index contributed by atoms with van der Waals surface area (Å²) in [5, 5.41) is 15.1. The van der Waals surface area contributed by atoms with Gasteiger partial charge in [0.2, 0.25) is 11.7 Å². The lowest BCUT2D eigenvalue weighted by Gasteiger charge is -2.38. The third-order valence-corrected chi connectivity index (χ3v) is 9.07. The van der Waals surface area contributed by atoms with Crippen LogP contribution >= 0.6 is 23.2 Å². The Morgan fingerprint density at radius 1 is 1.15 bits per heavy atom. The Kier molecular flexibility index (Phi) is 9.04. The quantitative estimate of drug-likeness (QED) is 0.254. The monoisotopic (exact) mass is 622 g/mol. The molecule has 3 fully saturated rings. The highest BCUT2D eigenvalue weighted by Gasteiger charge is 2.59. The minimum Gasteiger partial charge on any atom is -0.505 e. The van der Waals surface area contributed by atoms with Gasteiger partial charge in [-0.3, -0.25) is 9.59 Å². The molecule has 0 aliphatic heterocycles. The van der Waals surface area contributed by atoms with Crippen molar-refractivity contribution in [3.8, 4) is 5.75 Å². The van der Waals surface area contributed by atoms with Crippen LogP contribution in [-0.4, -0.2) is 39.6 Å². The number of aromatic nitrogens is 2. The molecule has 3 N–H and O–H groups in total. The van der Waals surface area contributed by atoms with Crippen LogP contribution in [0, 0.1) is 17.2 Å². The summed E-state index contributed by atoms with van der Waals surface area (Å²) < 4.78 is 66.2. The van der Waals surface area contributed by atoms with Gasteiger partial charge in [0, 0.05) is 30.8 Å². The van der Waals surface area contributed by atoms with Crippen LogP contribution in [0.2, 0.25) is 10.0 Å². The van der Waals surface area contributed by atoms with Gasteiger partial charge in [-0.15, -0.1) is 0 Å². The second-order valence-corrected chi connectivity index (χ2v) is 11.7. The van der Waals surface area contributed by atoms with E-state index in [1.807, 2.05) is 0 Å². The highest BCUT2D eigenvalue weighted by Crippen LogP contribution is 2.64. The molecular formula is C27H29Cl2F5N4O3. The number of carbonyl (C=O) groups excluding carboxylic acids is 2. The van der Waals surface area contributed by atoms with E-state index < -0.39 is 52.3 Å². The van der Waals surface area contributed by atoms with Crippen molar-refractivity contribution in [3.63, 3.8) is 0 Å². The maximum atomic E-state index is 15.0. The van der Waals surface area contributed by atoms with E-state index in [-0.39, 0.29) is 33.9 Å². The normalized spacial score (nSPS) is 24.5. The number of rotatable bonds is 5. The van der Waals surface area contributed by atoms with E-state index >= 15 is 0 Å². The van der Waals surface area contributed by atoms with Crippen LogP contribution < -0.4 is 10.6 Å². The molecule has 0 spiro atoms. The summed E-state index contributed by atoms with van der Waals surface area (Å²) in [6, 6.07) is 0.952. The molecule has 1 atom stereocenters. The van der Waals surface area contributed by atoms with Gasteiger partial charge in [0.1, 0.15) is 11.4 Å². The average Bonchev–Trinajstić information content (AvgIpc) is 3.67. The fourth-order valence-corrected chi connectivity index (χ4v) is 6.60. The first kappa shape index (κ1) is 31.2. The number of nitrogens with zero attached hydrogens (tertiary/aromatic N) is 2. The van der Waals surface area contributed by atoms with Crippen molar-refractivity contribution in [1.29, 1.82) is 0 Å². The summed E-state index contributed by atoms with van der Waals surface area (Å²) in [5.41, 5.74) is -3.02. The fourth-order valence-electron chi connectivity index (χ4n) is 6.15. The number of phenolic OH excluding ortho intramolecular Hbond substituents is 1. The summed E-state index contributed by atoms with van der Waals surface area (Å²) in [6.07, 6.45) is 2.06. The number of aromatic hydroxyl groups is 1. The van der Waals surface area contributed by atoms with Gasteiger partial charge in [-0.1, -0.05) is 36.0 Å². The molecule has 3 aliphatic carbocycles. The third kappa shape index (κ3) is 6.53. The predicted molar refractivity (Wildman–Crippen MR) is 141 cm³/mol. The number of benzene rings is 1. The number of nitrogens with one attached hydrogen (secondary N) is 2. The highest BCUT2D eigenvalue weighted by molar-refractivity contribution is 6.42. The third-order valence-electron chi connectivity index (χ3n) is 8.27. The number of carbonyl (C=O) groups is 2. The molecule has 14 heteroatoms. The number of fused-ring (bicyclic) bond motifs is 2. The summed E-state index contributed by atoms with van der Waals surface area (Å²) in [6.45, 7) is 0. The van der Waals surface area contributed by atoms with E-state index in [4.69, 9.17) is 23.2 Å². The number of amides is 2. The summed E-state index contributed by atoms with van der Waals surface area (Å²) in [5.74, 6) is -3.02. The van der Waals surface area contributed by atoms with E-state index in [2.05, 4.69) is 20.6 Å². The minimum absolute atomic E-state index is 0.0147. The maximum absolute atomic E-state index is 15.0. The number of halogens is 7. The molecule has 3 aliphatic rings. The zero-order valence-corrected chi connectivity index (χ0v) is 23.6. The number of phenols is 1. The van der Waals surface area contributed by atoms with Gasteiger partial charge >= 0.3 is 6.18 Å². The van der Waals surface area contributed by atoms with Gasteiger partial charge in [0.05, 0.1) is 16.1 Å². The lowest BCUT2D eigenvalue weighted by Crippen LogP contribution is -2.42. The van der Waals surface area contributed by atoms with Gasteiger partial charge in [-0.2, -0.15) is 13.2 Å². The molecule has 41 heavy (non-hydrogen) atoms. The smallest absolute Gasteiger partial charge is 0.433 e. The van der Waals surface area contributed by atoms with Gasteiger partial charge in [0.25, 0.3) is 5.91 Å². The molecule has 1 unspecified atom stereocenters. The molecule has 0 saturated heterocycles. The fraction of sp³-hybridized carbons (Fsp3) is 0.556. The van der Waals surface area contributed by atoms with Crippen molar-refractivity contribution < 1.29 is 36.6 Å². The molecule has 1 aromatic carbocycles. The first-order valence-electron chi connectivity index (χ1n) is 13.2. The number of alkyl halides is 4. The van der Waals surface area contributed by atoms with Gasteiger partial charge in [0.15, 0.2) is 11.6 Å². The van der Waals surface area contributed by atoms with Crippen LogP contribution in [-0.2, 0) is 11.0 Å². The van der Waals surface area contributed by atoms with Gasteiger partial charge in [-0.25, -0.2) is 18.7 Å². The Morgan fingerprint density at radius 2 is 1.78 bits per heavy atom. The van der Waals surface area contributed by atoms with Crippen LogP contribution in [0.1, 0.15) is 85.7 Å². The molecule has 3 saturated carbocycles. The minimum atomic E-state index is -4.56. The van der Waals surface area contributed by atoms with E-state index in [1.165, 1.54) is 7.05 Å². The standard InChI is InChI=1S/C20H23Cl2F2NO2.C7H6F3N3O/c21-12-9-13(26)16(23)14(15(12)22)17(25-18(27)11-3-1-2-4-11)19-5-7-20(24,10-19)8-6-19;1-11-6(14)5-12-3-2-4(13-5)7(8,9)10/h9,11,17,26H,1-8,10H2,(H,25,27);2-3H,1H3,(H,11,14). The lowest BCUT2D eigenvalue weighted by molar-refractivity contribution is -0.141. The van der Waals surface area contributed by atoms with E-state index in [9.17, 15) is 36.6 Å². The number of hydrogen-bond donors (Lipinski definition) is 3. The van der Waals surface area contributed by atoms with E-state index in [0.717, 1.165) is 37.9 Å². The second-order valence-electron chi connectivity index (χ2n) is 10.9. The van der Waals surface area contributed by atoms with Crippen molar-refractivity contribution >= 4 is 35.0 Å². The first-order valence-corrected chi connectivity index (χ1v) is 13.9. The number of hydrogen-bond acceptors (Lipinski definition) is 5. The Labute approximate surface area is 243 Å². The van der Waals surface area contributed by atoms with Crippen molar-refractivity contribution in [1.82, 2.24) is 20.6 Å². The molecule has 0 radical (unpaired) electrons. The van der Waals surface area contributed by atoms with Crippen molar-refractivity contribution in [3.05, 3.63) is 51.3 Å². The Bertz CT molecular complexity index is 1290. The average molecular weight is 623 g/mol. The predicted octanol–water partition coefficient (Wildman–Crippen LogP) is 6.71. The maximum Gasteiger partial charge on any atom is 0.433 e. The Hall–Kier alpha value is -2.73. The second kappa shape index (κ2) is 11.9. The molecule has 224 valence electrons. The molecule has 1 heterocycles. The molecule has 1 aromatic heterocycles. The largest absolute Gasteiger partial charge is 0.505 e. The van der Waals surface area contributed by atoms with E-state index in [1.54, 1.807) is 0 Å². The SMILES string of the molecule is CNC(=O)c1nccc(C(F)(F)F)n1.O=C(NC(c1c(F)c(O)cc(Cl)c1Cl)C12CCC(F)(CC1)C2)C1CCCC1. The summed E-state index contributed by atoms with van der Waals surface area (Å²) in [7, 11) is 1.28. The van der Waals surface area contributed by atoms with Crippen LogP contribution in [0.5, 0.6) is 5.75 Å². The molecule has 7 nitrogen and oxygen atoms in total. The lowest BCUT2D eigenvalue weighted by atomic mass is 9.74. The Balaban J connectivity index is 0.000000234. The molecule has 2 aromatic rings. The molecule has 5 rings (SSSR count). The van der Waals surface area contributed by atoms with Gasteiger partial charge in [-0.05, 0) is 56.4 Å². The summed E-state index contributed by atoms with van der Waals surface area (Å²) in [4.78, 5) is 30.2. The molecular weight excluding hydrogens is 594 g/mol. The zero-order chi connectivity index (χ0) is 30.2. The topological polar surface area (TPSA) is 104 Å². The summed E-state index contributed by atoms with van der Waals surface area (Å²) >= 11 is 12.4. The molecule has 2 bridgehead atoms. The van der Waals surface area contributed by atoms with Crippen molar-refractivity contribution in [2.75, 3.05) is 7.05 Å². The Morgan fingerprint density at radius 3 is 2.32 bits per heavy atom. The van der Waals surface area contributed by atoms with Gasteiger partial charge < -0.3 is 15.7 Å². The van der Waals surface area contributed by atoms with Crippen molar-refractivity contribution in [2.24, 2.45) is 11.3 Å². The van der Waals surface area contributed by atoms with Crippen LogP contribution in [0.4, 0.5) is 22.0 Å². The van der Waals surface area contributed by atoms with Crippen LogP contribution in [0.25, 0.3) is 0 Å². The highest BCUT2D eigenvalue weighted by atomic mass is 35.5.